The zero-order valence-electron chi connectivity index (χ0n) is 12.3. The highest BCUT2D eigenvalue weighted by atomic mass is 16.6. The van der Waals surface area contributed by atoms with Crippen molar-refractivity contribution < 1.29 is 19.4 Å². The van der Waals surface area contributed by atoms with Crippen molar-refractivity contribution in [1.82, 2.24) is 0 Å². The number of anilines is 1. The highest BCUT2D eigenvalue weighted by Crippen LogP contribution is 2.25. The van der Waals surface area contributed by atoms with Crippen LogP contribution in [0.25, 0.3) is 0 Å². The molecular formula is C14H21N4O4+. The Morgan fingerprint density at radius 2 is 2.14 bits per heavy atom. The van der Waals surface area contributed by atoms with Crippen LogP contribution < -0.4 is 16.0 Å². The number of hydrogen-bond donors (Lipinski definition) is 3. The molecule has 120 valence electrons. The number of rotatable bonds is 7. The lowest BCUT2D eigenvalue weighted by Gasteiger charge is -2.23. The van der Waals surface area contributed by atoms with Gasteiger partial charge in [0.1, 0.15) is 18.8 Å². The topological polar surface area (TPSA) is 112 Å². The van der Waals surface area contributed by atoms with Crippen molar-refractivity contribution in [3.63, 3.8) is 0 Å². The normalized spacial score (nSPS) is 15.5. The van der Waals surface area contributed by atoms with Crippen LogP contribution in [0.2, 0.25) is 0 Å². The fraction of sp³-hybridized carbons (Fsp3) is 0.500. The van der Waals surface area contributed by atoms with E-state index in [1.807, 2.05) is 0 Å². The van der Waals surface area contributed by atoms with Crippen molar-refractivity contribution in [2.75, 3.05) is 44.7 Å². The van der Waals surface area contributed by atoms with Gasteiger partial charge in [-0.05, 0) is 12.1 Å². The standard InChI is InChI=1S/C14H20N4O4/c15-14(19)11-2-3-12(13(10-11)18(20)21)16-4-1-5-17-6-8-22-9-7-17/h2-3,10,16H,1,4-9H2,(H2,15,19)/p+1. The second kappa shape index (κ2) is 7.71. The molecule has 0 bridgehead atoms. The molecule has 0 aliphatic carbocycles. The van der Waals surface area contributed by atoms with Gasteiger partial charge in [-0.25, -0.2) is 0 Å². The molecule has 8 heteroatoms. The number of nitrogens with zero attached hydrogens (tertiary/aromatic N) is 1. The van der Waals surface area contributed by atoms with Gasteiger partial charge in [0.15, 0.2) is 0 Å². The third-order valence-electron chi connectivity index (χ3n) is 3.70. The molecule has 0 aromatic heterocycles. The minimum atomic E-state index is -0.675. The average molecular weight is 309 g/mol. The SMILES string of the molecule is NC(=O)c1ccc(NCCC[NH+]2CCOCC2)c([N+](=O)[O-])c1. The molecule has 8 nitrogen and oxygen atoms in total. The van der Waals surface area contributed by atoms with Crippen LogP contribution in [0.15, 0.2) is 18.2 Å². The summed E-state index contributed by atoms with van der Waals surface area (Å²) < 4.78 is 5.30. The Labute approximate surface area is 128 Å². The molecule has 22 heavy (non-hydrogen) atoms. The fourth-order valence-electron chi connectivity index (χ4n) is 2.46. The minimum Gasteiger partial charge on any atom is -0.379 e. The van der Waals surface area contributed by atoms with E-state index in [9.17, 15) is 14.9 Å². The Morgan fingerprint density at radius 1 is 1.41 bits per heavy atom. The molecule has 4 N–H and O–H groups in total. The maximum absolute atomic E-state index is 11.1. The summed E-state index contributed by atoms with van der Waals surface area (Å²) in [6.07, 6.45) is 0.907. The number of carbonyl (C=O) groups is 1. The van der Waals surface area contributed by atoms with E-state index in [1.165, 1.54) is 23.1 Å². The Balaban J connectivity index is 1.88. The van der Waals surface area contributed by atoms with Crippen LogP contribution in [0.1, 0.15) is 16.8 Å². The Kier molecular flexibility index (Phi) is 5.68. The molecule has 1 amide bonds. The van der Waals surface area contributed by atoms with Crippen molar-refractivity contribution >= 4 is 17.3 Å². The molecule has 1 fully saturated rings. The predicted octanol–water partition coefficient (Wildman–Crippen LogP) is -0.589. The summed E-state index contributed by atoms with van der Waals surface area (Å²) in [7, 11) is 0. The highest BCUT2D eigenvalue weighted by Gasteiger charge is 2.17. The molecule has 1 aliphatic rings. The first kappa shape index (κ1) is 16.2. The molecule has 1 aromatic carbocycles. The summed E-state index contributed by atoms with van der Waals surface area (Å²) in [6, 6.07) is 4.22. The number of carbonyl (C=O) groups excluding carboxylic acids is 1. The molecule has 0 spiro atoms. The number of quaternary nitrogens is 1. The van der Waals surface area contributed by atoms with E-state index >= 15 is 0 Å². The zero-order valence-corrected chi connectivity index (χ0v) is 12.3. The largest absolute Gasteiger partial charge is 0.379 e. The summed E-state index contributed by atoms with van der Waals surface area (Å²) in [5.41, 5.74) is 5.56. The summed E-state index contributed by atoms with van der Waals surface area (Å²) in [5.74, 6) is -0.675. The van der Waals surface area contributed by atoms with Crippen LogP contribution in [-0.2, 0) is 4.74 Å². The van der Waals surface area contributed by atoms with Crippen LogP contribution in [0.3, 0.4) is 0 Å². The number of nitrogens with two attached hydrogens (primary N) is 1. The number of primary amides is 1. The van der Waals surface area contributed by atoms with E-state index in [0.717, 1.165) is 39.3 Å². The van der Waals surface area contributed by atoms with Crippen molar-refractivity contribution in [1.29, 1.82) is 0 Å². The molecule has 0 radical (unpaired) electrons. The van der Waals surface area contributed by atoms with Gasteiger partial charge >= 0.3 is 0 Å². The quantitative estimate of drug-likeness (QED) is 0.354. The van der Waals surface area contributed by atoms with Gasteiger partial charge in [0, 0.05) is 24.6 Å². The maximum atomic E-state index is 11.1. The zero-order chi connectivity index (χ0) is 15.9. The third-order valence-corrected chi connectivity index (χ3v) is 3.70. The number of nitro benzene ring substituents is 1. The lowest BCUT2D eigenvalue weighted by atomic mass is 10.1. The van der Waals surface area contributed by atoms with E-state index in [1.54, 1.807) is 0 Å². The number of amides is 1. The summed E-state index contributed by atoms with van der Waals surface area (Å²) >= 11 is 0. The van der Waals surface area contributed by atoms with Crippen molar-refractivity contribution in [3.8, 4) is 0 Å². The Hall–Kier alpha value is -2.19. The second-order valence-electron chi connectivity index (χ2n) is 5.25. The van der Waals surface area contributed by atoms with E-state index < -0.39 is 10.8 Å². The van der Waals surface area contributed by atoms with Crippen LogP contribution in [0.4, 0.5) is 11.4 Å². The van der Waals surface area contributed by atoms with Gasteiger partial charge in [-0.15, -0.1) is 0 Å². The van der Waals surface area contributed by atoms with Gasteiger partial charge in [-0.2, -0.15) is 0 Å². The number of nitro groups is 1. The van der Waals surface area contributed by atoms with E-state index in [4.69, 9.17) is 10.5 Å². The number of nitrogens with one attached hydrogen (secondary N) is 2. The number of morpholine rings is 1. The number of hydrogen-bond acceptors (Lipinski definition) is 5. The molecule has 2 rings (SSSR count). The molecule has 1 aromatic rings. The molecule has 1 aliphatic heterocycles. The number of ether oxygens (including phenoxy) is 1. The first-order valence-electron chi connectivity index (χ1n) is 7.31. The van der Waals surface area contributed by atoms with Crippen molar-refractivity contribution in [2.24, 2.45) is 5.73 Å². The van der Waals surface area contributed by atoms with E-state index in [-0.39, 0.29) is 11.3 Å². The Bertz CT molecular complexity index is 544. The fourth-order valence-corrected chi connectivity index (χ4v) is 2.46. The van der Waals surface area contributed by atoms with Crippen LogP contribution >= 0.6 is 0 Å². The summed E-state index contributed by atoms with van der Waals surface area (Å²) in [5, 5.41) is 14.1. The predicted molar refractivity (Wildman–Crippen MR) is 81.1 cm³/mol. The van der Waals surface area contributed by atoms with Gasteiger partial charge in [0.05, 0.1) is 24.7 Å². The Morgan fingerprint density at radius 3 is 2.77 bits per heavy atom. The smallest absolute Gasteiger partial charge is 0.293 e. The number of benzene rings is 1. The summed E-state index contributed by atoms with van der Waals surface area (Å²) in [6.45, 7) is 5.25. The average Bonchev–Trinajstić information content (AvgIpc) is 2.52. The van der Waals surface area contributed by atoms with E-state index in [2.05, 4.69) is 5.32 Å². The van der Waals surface area contributed by atoms with Crippen molar-refractivity contribution in [3.05, 3.63) is 33.9 Å². The van der Waals surface area contributed by atoms with Gasteiger partial charge in [0.25, 0.3) is 5.69 Å². The monoisotopic (exact) mass is 309 g/mol. The molecular weight excluding hydrogens is 288 g/mol. The van der Waals surface area contributed by atoms with E-state index in [0.29, 0.717) is 12.2 Å². The first-order chi connectivity index (χ1) is 10.6. The maximum Gasteiger partial charge on any atom is 0.293 e. The summed E-state index contributed by atoms with van der Waals surface area (Å²) in [4.78, 5) is 23.1. The van der Waals surface area contributed by atoms with Gasteiger partial charge in [-0.1, -0.05) is 0 Å². The molecule has 1 heterocycles. The molecule has 0 atom stereocenters. The van der Waals surface area contributed by atoms with Gasteiger partial charge < -0.3 is 20.7 Å². The van der Waals surface area contributed by atoms with Crippen LogP contribution in [0.5, 0.6) is 0 Å². The van der Waals surface area contributed by atoms with Gasteiger partial charge in [-0.3, -0.25) is 14.9 Å². The second-order valence-corrected chi connectivity index (χ2v) is 5.25. The van der Waals surface area contributed by atoms with Crippen LogP contribution in [-0.4, -0.2) is 50.2 Å². The van der Waals surface area contributed by atoms with Crippen LogP contribution in [0, 0.1) is 10.1 Å². The van der Waals surface area contributed by atoms with Crippen molar-refractivity contribution in [2.45, 2.75) is 6.42 Å². The third kappa shape index (κ3) is 4.40. The lowest BCUT2D eigenvalue weighted by Crippen LogP contribution is -3.14. The lowest BCUT2D eigenvalue weighted by molar-refractivity contribution is -0.908. The molecule has 1 saturated heterocycles. The minimum absolute atomic E-state index is 0.130. The van der Waals surface area contributed by atoms with Gasteiger partial charge in [0.2, 0.25) is 5.91 Å². The molecule has 0 unspecified atom stereocenters. The highest BCUT2D eigenvalue weighted by molar-refractivity contribution is 5.94. The molecule has 0 saturated carbocycles. The first-order valence-corrected chi connectivity index (χ1v) is 7.31.